The van der Waals surface area contributed by atoms with Gasteiger partial charge in [0, 0.05) is 12.1 Å². The molecule has 3 aromatic carbocycles. The van der Waals surface area contributed by atoms with Gasteiger partial charge in [0.05, 0.1) is 7.11 Å². The summed E-state index contributed by atoms with van der Waals surface area (Å²) < 4.78 is 118. The molecule has 3 rings (SSSR count). The van der Waals surface area contributed by atoms with E-state index in [0.717, 1.165) is 19.2 Å². The summed E-state index contributed by atoms with van der Waals surface area (Å²) in [4.78, 5) is 0. The van der Waals surface area contributed by atoms with Crippen LogP contribution in [-0.2, 0) is 0 Å². The summed E-state index contributed by atoms with van der Waals surface area (Å²) in [6.07, 6.45) is 0. The lowest BCUT2D eigenvalue weighted by Crippen LogP contribution is -2.57. The predicted molar refractivity (Wildman–Crippen MR) is 99.7 cm³/mol. The van der Waals surface area contributed by atoms with Gasteiger partial charge in [-0.2, -0.15) is 4.39 Å². The van der Waals surface area contributed by atoms with Crippen LogP contribution in [0, 0.1) is 60.4 Å². The second kappa shape index (κ2) is 8.52. The first kappa shape index (κ1) is 23.1. The molecule has 162 valence electrons. The van der Waals surface area contributed by atoms with Gasteiger partial charge in [-0.05, 0) is 41.5 Å². The van der Waals surface area contributed by atoms with Crippen LogP contribution < -0.4 is 18.0 Å². The molecule has 0 saturated carbocycles. The van der Waals surface area contributed by atoms with Gasteiger partial charge in [-0.1, -0.05) is 8.85 Å². The number of benzene rings is 3. The van der Waals surface area contributed by atoms with Gasteiger partial charge >= 0.3 is 14.1 Å². The lowest BCUT2D eigenvalue weighted by atomic mass is 10.2. The third-order valence-electron chi connectivity index (χ3n) is 5.07. The summed E-state index contributed by atoms with van der Waals surface area (Å²) in [5.74, 6) is -13.4. The molecule has 31 heavy (non-hydrogen) atoms. The number of hydrogen-bond acceptors (Lipinski definition) is 1. The molecule has 0 aliphatic carbocycles. The number of ether oxygens (including phenoxy) is 1. The van der Waals surface area contributed by atoms with E-state index in [0.29, 0.717) is 12.1 Å². The molecule has 0 radical (unpaired) electrons. The molecule has 0 aliphatic rings. The first-order chi connectivity index (χ1) is 14.5. The van der Waals surface area contributed by atoms with E-state index in [1.165, 1.54) is 13.8 Å². The smallest absolute Gasteiger partial charge is 0.394 e. The number of hydrogen-bond donors (Lipinski definition) is 0. The van der Waals surface area contributed by atoms with Crippen molar-refractivity contribution in [3.63, 3.8) is 0 Å². The summed E-state index contributed by atoms with van der Waals surface area (Å²) in [5, 5.41) is 0. The van der Waals surface area contributed by atoms with Crippen LogP contribution in [0.1, 0.15) is 11.1 Å². The minimum atomic E-state index is -3.87. The lowest BCUT2D eigenvalue weighted by Gasteiger charge is -2.21. The van der Waals surface area contributed by atoms with Gasteiger partial charge in [0.25, 0.3) is 0 Å². The highest BCUT2D eigenvalue weighted by molar-refractivity contribution is 6.96. The highest BCUT2D eigenvalue weighted by Gasteiger charge is 2.39. The van der Waals surface area contributed by atoms with Crippen LogP contribution in [0.2, 0.25) is 0 Å². The molecule has 0 amide bonds. The maximum atomic E-state index is 15.1. The fourth-order valence-electron chi connectivity index (χ4n) is 3.47. The van der Waals surface area contributed by atoms with Crippen molar-refractivity contribution >= 4 is 27.4 Å². The second-order valence-corrected chi connectivity index (χ2v) is 9.53. The van der Waals surface area contributed by atoms with Crippen LogP contribution in [-0.4, -0.2) is 21.3 Å². The number of rotatable bonds is 4. The summed E-state index contributed by atoms with van der Waals surface area (Å²) in [6.45, 7) is 2.34. The first-order valence-electron chi connectivity index (χ1n) is 8.80. The highest BCUT2D eigenvalue weighted by Crippen LogP contribution is 2.25. The average molecular weight is 460 g/mol. The number of methoxy groups -OCH3 is 1. The molecule has 0 fully saturated rings. The Morgan fingerprint density at radius 1 is 0.613 bits per heavy atom. The third-order valence-corrected chi connectivity index (χ3v) is 8.60. The van der Waals surface area contributed by atoms with Crippen LogP contribution in [0.5, 0.6) is 5.75 Å². The Bertz CT molecular complexity index is 1140. The minimum absolute atomic E-state index is 0.260. The van der Waals surface area contributed by atoms with E-state index < -0.39 is 70.9 Å². The Kier molecular flexibility index (Phi) is 6.35. The second-order valence-electron chi connectivity index (χ2n) is 6.84. The monoisotopic (exact) mass is 460 g/mol. The Morgan fingerprint density at radius 3 is 1.48 bits per heavy atom. The molecular weight excluding hydrogens is 447 g/mol. The Hall–Kier alpha value is -2.57. The Morgan fingerprint density at radius 2 is 1.06 bits per heavy atom. The van der Waals surface area contributed by atoms with Gasteiger partial charge in [-0.3, -0.25) is 0 Å². The summed E-state index contributed by atoms with van der Waals surface area (Å²) in [5.41, 5.74) is -0.519. The SMILES string of the molecule is COc1c(F)c(F)c(F)[c]([Al]([c]2cc(F)cc(F)c2C)[c]2cc(F)cc(F)c2C)c1F. The zero-order valence-electron chi connectivity index (χ0n) is 16.3. The first-order valence-corrected chi connectivity index (χ1v) is 10.5. The van der Waals surface area contributed by atoms with Gasteiger partial charge < -0.3 is 4.74 Å². The van der Waals surface area contributed by atoms with Gasteiger partial charge in [0.1, 0.15) is 23.3 Å². The maximum Gasteiger partial charge on any atom is 0.394 e. The molecule has 0 unspecified atom stereocenters. The van der Waals surface area contributed by atoms with Gasteiger partial charge in [-0.25, -0.2) is 30.7 Å². The normalized spacial score (nSPS) is 11.1. The summed E-state index contributed by atoms with van der Waals surface area (Å²) >= 11 is -3.87. The van der Waals surface area contributed by atoms with Crippen molar-refractivity contribution < 1.29 is 39.9 Å². The highest BCUT2D eigenvalue weighted by atomic mass is 27.2. The topological polar surface area (TPSA) is 9.23 Å². The van der Waals surface area contributed by atoms with Gasteiger partial charge in [-0.15, -0.1) is 0 Å². The predicted octanol–water partition coefficient (Wildman–Crippen LogP) is 3.94. The third kappa shape index (κ3) is 3.90. The summed E-state index contributed by atoms with van der Waals surface area (Å²) in [6, 6.07) is 2.54. The van der Waals surface area contributed by atoms with E-state index >= 15 is 4.39 Å². The van der Waals surface area contributed by atoms with Crippen molar-refractivity contribution in [2.24, 2.45) is 0 Å². The zero-order chi connectivity index (χ0) is 23.2. The van der Waals surface area contributed by atoms with Gasteiger partial charge in [0.2, 0.25) is 5.82 Å². The van der Waals surface area contributed by atoms with Gasteiger partial charge in [0.15, 0.2) is 23.2 Å². The molecule has 0 bridgehead atoms. The lowest BCUT2D eigenvalue weighted by molar-refractivity contribution is 0.338. The largest absolute Gasteiger partial charge is 0.491 e. The van der Waals surface area contributed by atoms with Crippen molar-refractivity contribution in [3.05, 3.63) is 81.9 Å². The zero-order valence-corrected chi connectivity index (χ0v) is 17.5. The molecule has 0 saturated heterocycles. The summed E-state index contributed by atoms with van der Waals surface area (Å²) in [7, 11) is 0.805. The molecule has 10 heteroatoms. The van der Waals surface area contributed by atoms with E-state index in [4.69, 9.17) is 0 Å². The van der Waals surface area contributed by atoms with Crippen molar-refractivity contribution in [3.8, 4) is 5.75 Å². The molecule has 0 aromatic heterocycles. The molecule has 0 atom stereocenters. The maximum absolute atomic E-state index is 15.1. The quantitative estimate of drug-likeness (QED) is 0.248. The van der Waals surface area contributed by atoms with Crippen molar-refractivity contribution in [2.75, 3.05) is 7.11 Å². The molecule has 1 nitrogen and oxygen atoms in total. The number of halogens is 8. The van der Waals surface area contributed by atoms with Crippen LogP contribution in [0.3, 0.4) is 0 Å². The fraction of sp³-hybridized carbons (Fsp3) is 0.143. The molecule has 0 N–H and O–H groups in total. The van der Waals surface area contributed by atoms with E-state index in [1.54, 1.807) is 0 Å². The molecule has 0 aliphatic heterocycles. The van der Waals surface area contributed by atoms with Crippen LogP contribution in [0.25, 0.3) is 0 Å². The minimum Gasteiger partial charge on any atom is -0.491 e. The van der Waals surface area contributed by atoms with Crippen molar-refractivity contribution in [2.45, 2.75) is 13.8 Å². The molecule has 3 aromatic rings. The Balaban J connectivity index is 2.53. The van der Waals surface area contributed by atoms with E-state index in [9.17, 15) is 30.7 Å². The molecular formula is C21H13AlF8O. The van der Waals surface area contributed by atoms with Crippen molar-refractivity contribution in [1.82, 2.24) is 0 Å². The Labute approximate surface area is 176 Å². The molecule has 0 spiro atoms. The standard InChI is InChI=1S/C7H3F4O.2C7H5F2.Al/c1-12-7-4(9)2-3(8)5(10)6(7)11;2*1-5-2-3-6(8)4-7(5)9;/h1H3;2*3-4H,1H3;. The van der Waals surface area contributed by atoms with Crippen LogP contribution in [0.4, 0.5) is 35.1 Å². The average Bonchev–Trinajstić information content (AvgIpc) is 2.70. The van der Waals surface area contributed by atoms with Crippen LogP contribution >= 0.6 is 0 Å². The molecule has 0 heterocycles. The van der Waals surface area contributed by atoms with E-state index in [-0.39, 0.29) is 20.0 Å². The van der Waals surface area contributed by atoms with E-state index in [1.807, 2.05) is 0 Å². The fourth-order valence-corrected chi connectivity index (χ4v) is 6.99. The van der Waals surface area contributed by atoms with Crippen LogP contribution in [0.15, 0.2) is 24.3 Å². The van der Waals surface area contributed by atoms with E-state index in [2.05, 4.69) is 4.74 Å². The van der Waals surface area contributed by atoms with Crippen molar-refractivity contribution in [1.29, 1.82) is 0 Å².